The van der Waals surface area contributed by atoms with Crippen LogP contribution < -0.4 is 15.8 Å². The Morgan fingerprint density at radius 2 is 1.90 bits per heavy atom. The molecule has 1 unspecified atom stereocenters. The molecular weight excluding hydrogens is 426 g/mol. The van der Waals surface area contributed by atoms with Gasteiger partial charge in [0.15, 0.2) is 5.75 Å². The van der Waals surface area contributed by atoms with E-state index < -0.39 is 44.4 Å². The molecule has 12 heteroatoms. The summed E-state index contributed by atoms with van der Waals surface area (Å²) in [5.74, 6) is -1.87. The Bertz CT molecular complexity index is 853. The van der Waals surface area contributed by atoms with Crippen molar-refractivity contribution in [3.8, 4) is 5.75 Å². The molecule has 0 aliphatic heterocycles. The Balaban J connectivity index is 2.57. The largest absolute Gasteiger partial charge is 0.504 e. The van der Waals surface area contributed by atoms with Gasteiger partial charge in [-0.1, -0.05) is 11.6 Å². The summed E-state index contributed by atoms with van der Waals surface area (Å²) in [6, 6.07) is 1.36. The van der Waals surface area contributed by atoms with Crippen LogP contribution in [0.25, 0.3) is 0 Å². The van der Waals surface area contributed by atoms with E-state index in [-0.39, 0.29) is 30.1 Å². The standard InChI is InChI=1S/C17H26ClN3O7S/c1-17(2,3)28-16(25)21-12(15(23)24)6-4-5-9-20-29(26,27)14-10(18)7-8-11(19)13(14)22/h7-8,12,20,22H,4-6,9,19H2,1-3H3,(H,21,25)(H,23,24). The van der Waals surface area contributed by atoms with Crippen LogP contribution in [0.1, 0.15) is 40.0 Å². The number of nitrogens with one attached hydrogen (secondary N) is 2. The molecule has 6 N–H and O–H groups in total. The average molecular weight is 452 g/mol. The van der Waals surface area contributed by atoms with Crippen LogP contribution in [0.15, 0.2) is 17.0 Å². The lowest BCUT2D eigenvalue weighted by Crippen LogP contribution is -2.43. The number of hydrogen-bond donors (Lipinski definition) is 5. The van der Waals surface area contributed by atoms with Gasteiger partial charge in [0.05, 0.1) is 10.7 Å². The van der Waals surface area contributed by atoms with E-state index in [0.29, 0.717) is 6.42 Å². The molecule has 0 radical (unpaired) electrons. The van der Waals surface area contributed by atoms with Crippen LogP contribution in [-0.4, -0.2) is 48.9 Å². The summed E-state index contributed by atoms with van der Waals surface area (Å²) in [6.07, 6.45) is -0.205. The molecule has 29 heavy (non-hydrogen) atoms. The number of halogens is 1. The molecule has 1 aromatic carbocycles. The molecule has 0 aliphatic rings. The van der Waals surface area contributed by atoms with Crippen molar-refractivity contribution in [2.45, 2.75) is 56.6 Å². The number of carbonyl (C=O) groups is 2. The molecule has 10 nitrogen and oxygen atoms in total. The Hall–Kier alpha value is -2.24. The number of carboxylic acids is 1. The van der Waals surface area contributed by atoms with E-state index in [4.69, 9.17) is 22.1 Å². The molecule has 0 heterocycles. The normalized spacial score (nSPS) is 13.0. The van der Waals surface area contributed by atoms with E-state index in [9.17, 15) is 28.2 Å². The van der Waals surface area contributed by atoms with Gasteiger partial charge in [0.2, 0.25) is 10.0 Å². The number of benzene rings is 1. The van der Waals surface area contributed by atoms with Crippen LogP contribution in [0, 0.1) is 0 Å². The third-order valence-electron chi connectivity index (χ3n) is 3.58. The van der Waals surface area contributed by atoms with Crippen molar-refractivity contribution in [2.75, 3.05) is 12.3 Å². The number of aliphatic carboxylic acids is 1. The molecule has 1 aromatic rings. The highest BCUT2D eigenvalue weighted by molar-refractivity contribution is 7.89. The number of hydrogen-bond acceptors (Lipinski definition) is 7. The van der Waals surface area contributed by atoms with E-state index in [1.165, 1.54) is 12.1 Å². The van der Waals surface area contributed by atoms with E-state index in [1.54, 1.807) is 20.8 Å². The smallest absolute Gasteiger partial charge is 0.408 e. The monoisotopic (exact) mass is 451 g/mol. The molecule has 0 saturated heterocycles. The molecule has 0 fully saturated rings. The SMILES string of the molecule is CC(C)(C)OC(=O)NC(CCCCNS(=O)(=O)c1c(Cl)ccc(N)c1O)C(=O)O. The number of carboxylic acid groups (broad SMARTS) is 1. The molecule has 0 aromatic heterocycles. The Morgan fingerprint density at radius 3 is 2.45 bits per heavy atom. The zero-order valence-corrected chi connectivity index (χ0v) is 17.9. The van der Waals surface area contributed by atoms with Gasteiger partial charge in [-0.25, -0.2) is 22.7 Å². The van der Waals surface area contributed by atoms with E-state index >= 15 is 0 Å². The third-order valence-corrected chi connectivity index (χ3v) is 5.55. The highest BCUT2D eigenvalue weighted by Crippen LogP contribution is 2.34. The van der Waals surface area contributed by atoms with Crippen molar-refractivity contribution in [2.24, 2.45) is 0 Å². The number of phenols is 1. The van der Waals surface area contributed by atoms with E-state index in [1.807, 2.05) is 0 Å². The molecule has 0 spiro atoms. The number of ether oxygens (including phenoxy) is 1. The molecule has 1 amide bonds. The third kappa shape index (κ3) is 7.95. The summed E-state index contributed by atoms with van der Waals surface area (Å²) in [5, 5.41) is 21.2. The van der Waals surface area contributed by atoms with E-state index in [0.717, 1.165) is 0 Å². The molecule has 1 atom stereocenters. The lowest BCUT2D eigenvalue weighted by molar-refractivity contribution is -0.139. The number of phenolic OH excluding ortho intramolecular Hbond substituents is 1. The lowest BCUT2D eigenvalue weighted by Gasteiger charge is -2.22. The van der Waals surface area contributed by atoms with E-state index in [2.05, 4.69) is 10.0 Å². The first-order valence-corrected chi connectivity index (χ1v) is 10.6. The Morgan fingerprint density at radius 1 is 1.28 bits per heavy atom. The first kappa shape index (κ1) is 24.8. The minimum atomic E-state index is -4.12. The second-order valence-corrected chi connectivity index (χ2v) is 9.36. The fourth-order valence-corrected chi connectivity index (χ4v) is 3.99. The second-order valence-electron chi connectivity index (χ2n) is 7.24. The van der Waals surface area contributed by atoms with Crippen molar-refractivity contribution in [3.63, 3.8) is 0 Å². The highest BCUT2D eigenvalue weighted by atomic mass is 35.5. The number of unbranched alkanes of at least 4 members (excludes halogenated alkanes) is 1. The number of alkyl carbamates (subject to hydrolysis) is 1. The fraction of sp³-hybridized carbons (Fsp3) is 0.529. The number of aromatic hydroxyl groups is 1. The Labute approximate surface area is 174 Å². The van der Waals surface area contributed by atoms with Crippen LogP contribution in [0.4, 0.5) is 10.5 Å². The predicted molar refractivity (Wildman–Crippen MR) is 107 cm³/mol. The molecule has 0 aliphatic carbocycles. The van der Waals surface area contributed by atoms with Crippen LogP contribution in [0.5, 0.6) is 5.75 Å². The summed E-state index contributed by atoms with van der Waals surface area (Å²) in [7, 11) is -4.12. The molecule has 164 valence electrons. The van der Waals surface area contributed by atoms with Crippen LogP contribution >= 0.6 is 11.6 Å². The van der Waals surface area contributed by atoms with Gasteiger partial charge in [0.25, 0.3) is 0 Å². The number of rotatable bonds is 9. The van der Waals surface area contributed by atoms with Gasteiger partial charge in [-0.3, -0.25) is 0 Å². The first-order valence-electron chi connectivity index (χ1n) is 8.73. The van der Waals surface area contributed by atoms with Crippen LogP contribution in [0.2, 0.25) is 5.02 Å². The molecule has 0 saturated carbocycles. The zero-order valence-electron chi connectivity index (χ0n) is 16.4. The number of anilines is 1. The number of sulfonamides is 1. The number of nitrogen functional groups attached to an aromatic ring is 1. The number of carbonyl (C=O) groups excluding carboxylic acids is 1. The van der Waals surface area contributed by atoms with Crippen LogP contribution in [0.3, 0.4) is 0 Å². The van der Waals surface area contributed by atoms with Crippen molar-refractivity contribution in [1.29, 1.82) is 0 Å². The molecular formula is C17H26ClN3O7S. The highest BCUT2D eigenvalue weighted by Gasteiger charge is 2.25. The number of amides is 1. The molecule has 0 bridgehead atoms. The van der Waals surface area contributed by atoms with Crippen molar-refractivity contribution in [1.82, 2.24) is 10.0 Å². The van der Waals surface area contributed by atoms with Gasteiger partial charge >= 0.3 is 12.1 Å². The van der Waals surface area contributed by atoms with Crippen molar-refractivity contribution >= 4 is 39.4 Å². The minimum absolute atomic E-state index is 0.0360. The first-order chi connectivity index (χ1) is 13.2. The topological polar surface area (TPSA) is 168 Å². The maximum absolute atomic E-state index is 12.3. The second kappa shape index (κ2) is 9.99. The van der Waals surface area contributed by atoms with Crippen molar-refractivity contribution in [3.05, 3.63) is 17.2 Å². The quantitative estimate of drug-likeness (QED) is 0.216. The average Bonchev–Trinajstić information content (AvgIpc) is 2.55. The van der Waals surface area contributed by atoms with Gasteiger partial charge in [0, 0.05) is 6.54 Å². The maximum atomic E-state index is 12.3. The number of nitrogens with two attached hydrogens (primary N) is 1. The Kier molecular flexibility index (Phi) is 8.54. The van der Waals surface area contributed by atoms with Crippen molar-refractivity contribution < 1.29 is 33.0 Å². The van der Waals surface area contributed by atoms with Gasteiger partial charge in [-0.15, -0.1) is 0 Å². The van der Waals surface area contributed by atoms with Gasteiger partial charge < -0.3 is 26.0 Å². The van der Waals surface area contributed by atoms with Gasteiger partial charge in [-0.05, 0) is 52.2 Å². The minimum Gasteiger partial charge on any atom is -0.504 e. The summed E-state index contributed by atoms with van der Waals surface area (Å²) in [5.41, 5.74) is 4.60. The van der Waals surface area contributed by atoms with Gasteiger partial charge in [0.1, 0.15) is 16.5 Å². The fourth-order valence-electron chi connectivity index (χ4n) is 2.28. The predicted octanol–water partition coefficient (Wildman–Crippen LogP) is 2.05. The van der Waals surface area contributed by atoms with Gasteiger partial charge in [-0.2, -0.15) is 0 Å². The zero-order chi connectivity index (χ0) is 22.4. The maximum Gasteiger partial charge on any atom is 0.408 e. The van der Waals surface area contributed by atoms with Crippen LogP contribution in [-0.2, 0) is 19.6 Å². The summed E-state index contributed by atoms with van der Waals surface area (Å²) in [4.78, 5) is 22.5. The summed E-state index contributed by atoms with van der Waals surface area (Å²) in [6.45, 7) is 4.92. The summed E-state index contributed by atoms with van der Waals surface area (Å²) < 4.78 is 32.0. The summed E-state index contributed by atoms with van der Waals surface area (Å²) >= 11 is 5.84. The molecule has 1 rings (SSSR count). The lowest BCUT2D eigenvalue weighted by atomic mass is 10.1.